The molecule has 0 amide bonds. The van der Waals surface area contributed by atoms with Gasteiger partial charge in [0, 0.05) is 6.61 Å². The summed E-state index contributed by atoms with van der Waals surface area (Å²) in [6, 6.07) is 4.03. The van der Waals surface area contributed by atoms with E-state index in [1.807, 2.05) is 26.0 Å². The molecule has 0 spiro atoms. The van der Waals surface area contributed by atoms with Crippen LogP contribution in [-0.4, -0.2) is 11.7 Å². The Morgan fingerprint density at radius 1 is 1.25 bits per heavy atom. The Hall–Kier alpha value is -1.02. The Bertz CT molecular complexity index is 362. The molecule has 0 unspecified atom stereocenters. The van der Waals surface area contributed by atoms with Gasteiger partial charge in [0.25, 0.3) is 0 Å². The van der Waals surface area contributed by atoms with E-state index in [-0.39, 0.29) is 5.41 Å². The molecule has 0 heterocycles. The molecule has 1 aromatic carbocycles. The van der Waals surface area contributed by atoms with Crippen molar-refractivity contribution in [2.24, 2.45) is 0 Å². The minimum atomic E-state index is -0.0446. The lowest BCUT2D eigenvalue weighted by molar-refractivity contribution is 0.134. The minimum Gasteiger partial charge on any atom is -0.507 e. The SMILES string of the molecule is CCOCc1cc(C)c(O)c(C(C)(C)C)c1. The molecule has 0 saturated heterocycles. The van der Waals surface area contributed by atoms with Crippen LogP contribution in [0.5, 0.6) is 5.75 Å². The van der Waals surface area contributed by atoms with E-state index in [0.29, 0.717) is 19.0 Å². The van der Waals surface area contributed by atoms with E-state index in [1.165, 1.54) is 0 Å². The zero-order chi connectivity index (χ0) is 12.3. The first-order valence-corrected chi connectivity index (χ1v) is 5.77. The fraction of sp³-hybridized carbons (Fsp3) is 0.571. The van der Waals surface area contributed by atoms with Gasteiger partial charge < -0.3 is 9.84 Å². The van der Waals surface area contributed by atoms with Gasteiger partial charge in [0.1, 0.15) is 5.75 Å². The molecule has 16 heavy (non-hydrogen) atoms. The van der Waals surface area contributed by atoms with Gasteiger partial charge in [-0.1, -0.05) is 26.8 Å². The number of aromatic hydroxyl groups is 1. The monoisotopic (exact) mass is 222 g/mol. The van der Waals surface area contributed by atoms with Crippen molar-refractivity contribution >= 4 is 0 Å². The normalized spacial score (nSPS) is 11.8. The Morgan fingerprint density at radius 3 is 2.38 bits per heavy atom. The highest BCUT2D eigenvalue weighted by molar-refractivity contribution is 5.46. The van der Waals surface area contributed by atoms with Crippen molar-refractivity contribution in [2.75, 3.05) is 6.61 Å². The zero-order valence-corrected chi connectivity index (χ0v) is 10.9. The molecule has 0 radical (unpaired) electrons. The molecule has 0 saturated carbocycles. The molecule has 0 aliphatic carbocycles. The summed E-state index contributed by atoms with van der Waals surface area (Å²) in [4.78, 5) is 0. The largest absolute Gasteiger partial charge is 0.507 e. The first-order valence-electron chi connectivity index (χ1n) is 5.77. The lowest BCUT2D eigenvalue weighted by Gasteiger charge is -2.22. The van der Waals surface area contributed by atoms with E-state index >= 15 is 0 Å². The second-order valence-electron chi connectivity index (χ2n) is 5.20. The van der Waals surface area contributed by atoms with Crippen LogP contribution >= 0.6 is 0 Å². The molecular weight excluding hydrogens is 200 g/mol. The maximum absolute atomic E-state index is 10.0. The van der Waals surface area contributed by atoms with Gasteiger partial charge in [-0.15, -0.1) is 0 Å². The van der Waals surface area contributed by atoms with Gasteiger partial charge in [-0.05, 0) is 42.0 Å². The van der Waals surface area contributed by atoms with Crippen molar-refractivity contribution in [1.82, 2.24) is 0 Å². The molecule has 90 valence electrons. The average molecular weight is 222 g/mol. The van der Waals surface area contributed by atoms with Gasteiger partial charge in [-0.3, -0.25) is 0 Å². The first kappa shape index (κ1) is 13.0. The maximum atomic E-state index is 10.0. The van der Waals surface area contributed by atoms with Crippen molar-refractivity contribution in [3.8, 4) is 5.75 Å². The van der Waals surface area contributed by atoms with Crippen LogP contribution in [0.3, 0.4) is 0 Å². The first-order chi connectivity index (χ1) is 7.36. The number of phenolic OH excluding ortho intramolecular Hbond substituents is 1. The van der Waals surface area contributed by atoms with Gasteiger partial charge in [-0.2, -0.15) is 0 Å². The van der Waals surface area contributed by atoms with Crippen molar-refractivity contribution < 1.29 is 9.84 Å². The van der Waals surface area contributed by atoms with Crippen LogP contribution in [0, 0.1) is 6.92 Å². The highest BCUT2D eigenvalue weighted by atomic mass is 16.5. The second-order valence-corrected chi connectivity index (χ2v) is 5.20. The molecule has 0 bridgehead atoms. The Labute approximate surface area is 98.3 Å². The number of hydrogen-bond acceptors (Lipinski definition) is 2. The van der Waals surface area contributed by atoms with Crippen molar-refractivity contribution in [3.63, 3.8) is 0 Å². The van der Waals surface area contributed by atoms with Crippen LogP contribution in [0.15, 0.2) is 12.1 Å². The quantitative estimate of drug-likeness (QED) is 0.847. The maximum Gasteiger partial charge on any atom is 0.122 e. The molecule has 2 nitrogen and oxygen atoms in total. The van der Waals surface area contributed by atoms with Crippen LogP contribution in [0.25, 0.3) is 0 Å². The Morgan fingerprint density at radius 2 is 1.88 bits per heavy atom. The van der Waals surface area contributed by atoms with Crippen LogP contribution in [-0.2, 0) is 16.8 Å². The standard InChI is InChI=1S/C14H22O2/c1-6-16-9-11-7-10(2)13(15)12(8-11)14(3,4)5/h7-8,15H,6,9H2,1-5H3. The number of phenols is 1. The van der Waals surface area contributed by atoms with E-state index in [1.54, 1.807) is 0 Å². The van der Waals surface area contributed by atoms with E-state index in [4.69, 9.17) is 4.74 Å². The summed E-state index contributed by atoms with van der Waals surface area (Å²) in [6.45, 7) is 11.5. The van der Waals surface area contributed by atoms with Crippen LogP contribution in [0.4, 0.5) is 0 Å². The molecule has 0 fully saturated rings. The number of benzene rings is 1. The fourth-order valence-electron chi connectivity index (χ4n) is 1.73. The molecule has 0 atom stereocenters. The van der Waals surface area contributed by atoms with Crippen LogP contribution in [0.2, 0.25) is 0 Å². The number of aryl methyl sites for hydroxylation is 1. The highest BCUT2D eigenvalue weighted by Gasteiger charge is 2.19. The third kappa shape index (κ3) is 2.99. The fourth-order valence-corrected chi connectivity index (χ4v) is 1.73. The molecule has 0 aromatic heterocycles. The predicted octanol–water partition coefficient (Wildman–Crippen LogP) is 3.53. The van der Waals surface area contributed by atoms with Gasteiger partial charge in [0.2, 0.25) is 0 Å². The van der Waals surface area contributed by atoms with E-state index in [9.17, 15) is 5.11 Å². The molecule has 1 N–H and O–H groups in total. The van der Waals surface area contributed by atoms with Gasteiger partial charge in [0.05, 0.1) is 6.61 Å². The molecule has 2 heteroatoms. The summed E-state index contributed by atoms with van der Waals surface area (Å²) < 4.78 is 5.40. The topological polar surface area (TPSA) is 29.5 Å². The van der Waals surface area contributed by atoms with Crippen molar-refractivity contribution in [1.29, 1.82) is 0 Å². The highest BCUT2D eigenvalue weighted by Crippen LogP contribution is 2.34. The van der Waals surface area contributed by atoms with Gasteiger partial charge in [-0.25, -0.2) is 0 Å². The second kappa shape index (κ2) is 4.88. The van der Waals surface area contributed by atoms with E-state index in [0.717, 1.165) is 16.7 Å². The smallest absolute Gasteiger partial charge is 0.122 e. The third-order valence-electron chi connectivity index (χ3n) is 2.64. The molecule has 1 rings (SSSR count). The zero-order valence-electron chi connectivity index (χ0n) is 10.9. The van der Waals surface area contributed by atoms with E-state index in [2.05, 4.69) is 20.8 Å². The lowest BCUT2D eigenvalue weighted by Crippen LogP contribution is -2.12. The predicted molar refractivity (Wildman–Crippen MR) is 66.9 cm³/mol. The minimum absolute atomic E-state index is 0.0446. The molecule has 0 aliphatic heterocycles. The van der Waals surface area contributed by atoms with Crippen LogP contribution < -0.4 is 0 Å². The summed E-state index contributed by atoms with van der Waals surface area (Å²) in [7, 11) is 0. The summed E-state index contributed by atoms with van der Waals surface area (Å²) in [5.41, 5.74) is 2.99. The summed E-state index contributed by atoms with van der Waals surface area (Å²) in [5.74, 6) is 0.410. The van der Waals surface area contributed by atoms with Crippen LogP contribution in [0.1, 0.15) is 44.4 Å². The number of rotatable bonds is 3. The van der Waals surface area contributed by atoms with Gasteiger partial charge >= 0.3 is 0 Å². The van der Waals surface area contributed by atoms with Crippen molar-refractivity contribution in [3.05, 3.63) is 28.8 Å². The Balaban J connectivity index is 3.12. The third-order valence-corrected chi connectivity index (χ3v) is 2.64. The number of ether oxygens (including phenoxy) is 1. The Kier molecular flexibility index (Phi) is 3.98. The van der Waals surface area contributed by atoms with Crippen molar-refractivity contribution in [2.45, 2.75) is 46.6 Å². The summed E-state index contributed by atoms with van der Waals surface area (Å²) >= 11 is 0. The average Bonchev–Trinajstić information content (AvgIpc) is 2.17. The van der Waals surface area contributed by atoms with E-state index < -0.39 is 0 Å². The summed E-state index contributed by atoms with van der Waals surface area (Å²) in [5, 5.41) is 10.0. The molecule has 0 aliphatic rings. The van der Waals surface area contributed by atoms with Gasteiger partial charge in [0.15, 0.2) is 0 Å². The number of hydrogen-bond donors (Lipinski definition) is 1. The lowest BCUT2D eigenvalue weighted by atomic mass is 9.84. The summed E-state index contributed by atoms with van der Waals surface area (Å²) in [6.07, 6.45) is 0. The molecular formula is C14H22O2. The molecule has 1 aromatic rings.